The number of hydrogen-bond acceptors (Lipinski definition) is 6. The Balaban J connectivity index is 1.62. The van der Waals surface area contributed by atoms with E-state index in [1.54, 1.807) is 75.0 Å². The van der Waals surface area contributed by atoms with Crippen molar-refractivity contribution < 1.29 is 19.0 Å². The minimum Gasteiger partial charge on any atom is -0.497 e. The molecule has 1 aromatic carbocycles. The van der Waals surface area contributed by atoms with Crippen LogP contribution in [0.5, 0.6) is 17.2 Å². The lowest BCUT2D eigenvalue weighted by atomic mass is 10.2. The van der Waals surface area contributed by atoms with Gasteiger partial charge in [-0.1, -0.05) is 0 Å². The number of carbonyl (C=O) groups is 1. The number of hydrogen-bond donors (Lipinski definition) is 0. The molecule has 0 saturated heterocycles. The molecule has 0 N–H and O–H groups in total. The first kappa shape index (κ1) is 17.4. The van der Waals surface area contributed by atoms with Crippen LogP contribution in [0.15, 0.2) is 67.1 Å². The molecule has 0 unspecified atom stereocenters. The second kappa shape index (κ2) is 8.11. The van der Waals surface area contributed by atoms with Crippen LogP contribution < -0.4 is 9.47 Å². The molecule has 132 valence electrons. The van der Waals surface area contributed by atoms with Gasteiger partial charge in [0.1, 0.15) is 29.0 Å². The van der Waals surface area contributed by atoms with Crippen molar-refractivity contribution in [2.24, 2.45) is 0 Å². The normalized spacial score (nSPS) is 11.5. The molecule has 1 atom stereocenters. The van der Waals surface area contributed by atoms with Crippen LogP contribution in [-0.4, -0.2) is 23.0 Å². The van der Waals surface area contributed by atoms with E-state index in [0.717, 1.165) is 11.3 Å². The SMILES string of the molecule is COc1ccc(Oc2ccc(C(=O)O[C@@H](C)c3ccncc3)nc2)cc1. The number of esters is 1. The number of rotatable bonds is 6. The van der Waals surface area contributed by atoms with Gasteiger partial charge >= 0.3 is 5.97 Å². The quantitative estimate of drug-likeness (QED) is 0.621. The first-order valence-corrected chi connectivity index (χ1v) is 8.04. The lowest BCUT2D eigenvalue weighted by molar-refractivity contribution is 0.0330. The number of ether oxygens (including phenoxy) is 3. The second-order valence-corrected chi connectivity index (χ2v) is 5.48. The minimum atomic E-state index is -0.495. The van der Waals surface area contributed by atoms with Gasteiger partial charge in [0.15, 0.2) is 0 Å². The molecule has 0 fully saturated rings. The van der Waals surface area contributed by atoms with Crippen LogP contribution in [0.25, 0.3) is 0 Å². The fourth-order valence-corrected chi connectivity index (χ4v) is 2.26. The maximum atomic E-state index is 12.2. The molecule has 6 heteroatoms. The Morgan fingerprint density at radius 3 is 2.19 bits per heavy atom. The van der Waals surface area contributed by atoms with Gasteiger partial charge in [-0.05, 0) is 61.0 Å². The third-order valence-electron chi connectivity index (χ3n) is 3.70. The zero-order chi connectivity index (χ0) is 18.4. The molecule has 0 radical (unpaired) electrons. The zero-order valence-corrected chi connectivity index (χ0v) is 14.5. The summed E-state index contributed by atoms with van der Waals surface area (Å²) in [5.41, 5.74) is 1.08. The Bertz CT molecular complexity index is 849. The van der Waals surface area contributed by atoms with Crippen LogP contribution >= 0.6 is 0 Å². The van der Waals surface area contributed by atoms with Gasteiger partial charge < -0.3 is 14.2 Å². The van der Waals surface area contributed by atoms with Crippen molar-refractivity contribution in [3.63, 3.8) is 0 Å². The summed E-state index contributed by atoms with van der Waals surface area (Å²) in [7, 11) is 1.60. The number of nitrogens with zero attached hydrogens (tertiary/aromatic N) is 2. The van der Waals surface area contributed by atoms with E-state index in [1.807, 2.05) is 0 Å². The third kappa shape index (κ3) is 4.36. The standard InChI is InChI=1S/C20H18N2O4/c1-14(15-9-11-21-12-10-15)25-20(23)19-8-7-18(13-22-19)26-17-5-3-16(24-2)4-6-17/h3-14H,1-2H3/t14-/m0/s1. The van der Waals surface area contributed by atoms with Gasteiger partial charge in [0.05, 0.1) is 13.3 Å². The van der Waals surface area contributed by atoms with Crippen LogP contribution in [0.1, 0.15) is 29.1 Å². The highest BCUT2D eigenvalue weighted by Gasteiger charge is 2.15. The Morgan fingerprint density at radius 1 is 0.923 bits per heavy atom. The predicted molar refractivity (Wildman–Crippen MR) is 95.4 cm³/mol. The van der Waals surface area contributed by atoms with E-state index >= 15 is 0 Å². The van der Waals surface area contributed by atoms with Gasteiger partial charge in [0.25, 0.3) is 0 Å². The number of pyridine rings is 2. The zero-order valence-electron chi connectivity index (χ0n) is 14.5. The molecule has 0 aliphatic heterocycles. The molecule has 0 bridgehead atoms. The first-order valence-electron chi connectivity index (χ1n) is 8.04. The lowest BCUT2D eigenvalue weighted by Crippen LogP contribution is -2.10. The maximum Gasteiger partial charge on any atom is 0.357 e. The van der Waals surface area contributed by atoms with Gasteiger partial charge in [-0.2, -0.15) is 0 Å². The van der Waals surface area contributed by atoms with Crippen molar-refractivity contribution in [1.82, 2.24) is 9.97 Å². The highest BCUT2D eigenvalue weighted by atomic mass is 16.5. The molecule has 0 spiro atoms. The molecule has 6 nitrogen and oxygen atoms in total. The summed E-state index contributed by atoms with van der Waals surface area (Å²) in [5, 5.41) is 0. The smallest absolute Gasteiger partial charge is 0.357 e. The van der Waals surface area contributed by atoms with E-state index in [2.05, 4.69) is 9.97 Å². The highest BCUT2D eigenvalue weighted by molar-refractivity contribution is 5.87. The molecule has 0 saturated carbocycles. The molecule has 2 heterocycles. The van der Waals surface area contributed by atoms with E-state index in [1.165, 1.54) is 6.20 Å². The molecule has 3 rings (SSSR count). The van der Waals surface area contributed by atoms with Gasteiger partial charge in [-0.25, -0.2) is 9.78 Å². The summed E-state index contributed by atoms with van der Waals surface area (Å²) in [4.78, 5) is 20.3. The van der Waals surface area contributed by atoms with Crippen LogP contribution in [0.3, 0.4) is 0 Å². The van der Waals surface area contributed by atoms with Gasteiger partial charge in [0.2, 0.25) is 0 Å². The van der Waals surface area contributed by atoms with E-state index in [0.29, 0.717) is 11.5 Å². The average Bonchev–Trinajstić information content (AvgIpc) is 2.69. The minimum absolute atomic E-state index is 0.216. The van der Waals surface area contributed by atoms with Gasteiger partial charge in [0, 0.05) is 12.4 Å². The van der Waals surface area contributed by atoms with Crippen molar-refractivity contribution in [3.05, 3.63) is 78.4 Å². The molecule has 26 heavy (non-hydrogen) atoms. The third-order valence-corrected chi connectivity index (χ3v) is 3.70. The van der Waals surface area contributed by atoms with E-state index < -0.39 is 5.97 Å². The van der Waals surface area contributed by atoms with E-state index in [9.17, 15) is 4.79 Å². The monoisotopic (exact) mass is 350 g/mol. The summed E-state index contributed by atoms with van der Waals surface area (Å²) in [6.07, 6.45) is 4.41. The Kier molecular flexibility index (Phi) is 5.43. The summed E-state index contributed by atoms with van der Waals surface area (Å²) >= 11 is 0. The number of benzene rings is 1. The van der Waals surface area contributed by atoms with Crippen molar-refractivity contribution >= 4 is 5.97 Å². The lowest BCUT2D eigenvalue weighted by Gasteiger charge is -2.13. The average molecular weight is 350 g/mol. The van der Waals surface area contributed by atoms with Gasteiger partial charge in [-0.15, -0.1) is 0 Å². The fraction of sp³-hybridized carbons (Fsp3) is 0.150. The van der Waals surface area contributed by atoms with E-state index in [4.69, 9.17) is 14.2 Å². The maximum absolute atomic E-state index is 12.2. The number of aromatic nitrogens is 2. The first-order chi connectivity index (χ1) is 12.7. The van der Waals surface area contributed by atoms with Crippen molar-refractivity contribution in [2.45, 2.75) is 13.0 Å². The van der Waals surface area contributed by atoms with Crippen molar-refractivity contribution in [2.75, 3.05) is 7.11 Å². The molecule has 0 aliphatic carbocycles. The van der Waals surface area contributed by atoms with Crippen LogP contribution in [-0.2, 0) is 4.74 Å². The summed E-state index contributed by atoms with van der Waals surface area (Å²) in [6, 6.07) is 14.0. The Labute approximate surface area is 151 Å². The van der Waals surface area contributed by atoms with Crippen LogP contribution in [0, 0.1) is 0 Å². The second-order valence-electron chi connectivity index (χ2n) is 5.48. The van der Waals surface area contributed by atoms with Crippen LogP contribution in [0.2, 0.25) is 0 Å². The van der Waals surface area contributed by atoms with E-state index in [-0.39, 0.29) is 11.8 Å². The number of methoxy groups -OCH3 is 1. The summed E-state index contributed by atoms with van der Waals surface area (Å²) < 4.78 is 16.2. The molecule has 0 aliphatic rings. The van der Waals surface area contributed by atoms with Crippen LogP contribution in [0.4, 0.5) is 0 Å². The fourth-order valence-electron chi connectivity index (χ4n) is 2.26. The number of carbonyl (C=O) groups excluding carboxylic acids is 1. The van der Waals surface area contributed by atoms with Crippen molar-refractivity contribution in [1.29, 1.82) is 0 Å². The topological polar surface area (TPSA) is 70.5 Å². The largest absolute Gasteiger partial charge is 0.497 e. The predicted octanol–water partition coefficient (Wildman–Crippen LogP) is 4.20. The highest BCUT2D eigenvalue weighted by Crippen LogP contribution is 2.24. The summed E-state index contributed by atoms with van der Waals surface area (Å²) in [5.74, 6) is 1.42. The Morgan fingerprint density at radius 2 is 1.58 bits per heavy atom. The molecule has 0 amide bonds. The molecule has 3 aromatic rings. The Hall–Kier alpha value is -3.41. The summed E-state index contributed by atoms with van der Waals surface area (Å²) in [6.45, 7) is 1.80. The molecular formula is C20H18N2O4. The molecular weight excluding hydrogens is 332 g/mol. The van der Waals surface area contributed by atoms with Crippen molar-refractivity contribution in [3.8, 4) is 17.2 Å². The van der Waals surface area contributed by atoms with Gasteiger partial charge in [-0.3, -0.25) is 4.98 Å². The molecule has 2 aromatic heterocycles.